The Morgan fingerprint density at radius 3 is 2.70 bits per heavy atom. The average molecular weight is 271 g/mol. The highest BCUT2D eigenvalue weighted by atomic mass is 15.1. The van der Waals surface area contributed by atoms with Gasteiger partial charge in [0.1, 0.15) is 0 Å². The van der Waals surface area contributed by atoms with E-state index in [-0.39, 0.29) is 0 Å². The maximum absolute atomic E-state index is 8.93. The molecule has 1 aliphatic rings. The molecule has 1 aromatic carbocycles. The van der Waals surface area contributed by atoms with Gasteiger partial charge in [-0.05, 0) is 68.6 Å². The third-order valence-corrected chi connectivity index (χ3v) is 4.29. The molecule has 1 aromatic rings. The normalized spacial score (nSPS) is 16.3. The van der Waals surface area contributed by atoms with Crippen LogP contribution in [0, 0.1) is 24.2 Å². The fourth-order valence-electron chi connectivity index (χ4n) is 2.92. The zero-order valence-electron chi connectivity index (χ0n) is 12.7. The van der Waals surface area contributed by atoms with Gasteiger partial charge in [0, 0.05) is 13.1 Å². The minimum atomic E-state index is 0.757. The van der Waals surface area contributed by atoms with Gasteiger partial charge >= 0.3 is 0 Å². The summed E-state index contributed by atoms with van der Waals surface area (Å²) < 4.78 is 0. The standard InChI is InChI=1S/C17H25N3/c1-3-20(12-15-6-8-19-9-7-15)13-17-5-4-16(11-18)10-14(17)2/h4-5,10,15,19H,3,6-9,12-13H2,1-2H3. The highest BCUT2D eigenvalue weighted by Crippen LogP contribution is 2.17. The molecule has 0 unspecified atom stereocenters. The first kappa shape index (κ1) is 15.0. The summed E-state index contributed by atoms with van der Waals surface area (Å²) in [5.41, 5.74) is 3.33. The molecule has 1 saturated heterocycles. The summed E-state index contributed by atoms with van der Waals surface area (Å²) in [6, 6.07) is 8.24. The van der Waals surface area contributed by atoms with E-state index in [1.165, 1.54) is 30.5 Å². The van der Waals surface area contributed by atoms with Crippen LogP contribution in [0.1, 0.15) is 36.5 Å². The molecular weight excluding hydrogens is 246 g/mol. The fourth-order valence-corrected chi connectivity index (χ4v) is 2.92. The summed E-state index contributed by atoms with van der Waals surface area (Å²) in [5.74, 6) is 0.829. The molecule has 1 aliphatic heterocycles. The number of nitrogens with one attached hydrogen (secondary N) is 1. The van der Waals surface area contributed by atoms with Crippen molar-refractivity contribution >= 4 is 0 Å². The lowest BCUT2D eigenvalue weighted by molar-refractivity contribution is 0.207. The van der Waals surface area contributed by atoms with Crippen LogP contribution in [0.5, 0.6) is 0 Å². The van der Waals surface area contributed by atoms with Gasteiger partial charge in [0.2, 0.25) is 0 Å². The predicted octanol–water partition coefficient (Wildman–Crippen LogP) is 2.69. The van der Waals surface area contributed by atoms with E-state index in [1.807, 2.05) is 12.1 Å². The first-order valence-electron chi connectivity index (χ1n) is 7.65. The molecule has 0 radical (unpaired) electrons. The lowest BCUT2D eigenvalue weighted by Gasteiger charge is -2.29. The van der Waals surface area contributed by atoms with E-state index >= 15 is 0 Å². The van der Waals surface area contributed by atoms with Crippen molar-refractivity contribution in [2.24, 2.45) is 5.92 Å². The average Bonchev–Trinajstić information content (AvgIpc) is 2.49. The molecule has 0 aromatic heterocycles. The van der Waals surface area contributed by atoms with E-state index in [2.05, 4.69) is 36.2 Å². The number of hydrogen-bond acceptors (Lipinski definition) is 3. The van der Waals surface area contributed by atoms with Gasteiger partial charge in [0.25, 0.3) is 0 Å². The van der Waals surface area contributed by atoms with Gasteiger partial charge in [-0.3, -0.25) is 4.90 Å². The van der Waals surface area contributed by atoms with Crippen molar-refractivity contribution < 1.29 is 0 Å². The number of piperidine rings is 1. The Labute approximate surface area is 122 Å². The van der Waals surface area contributed by atoms with Crippen molar-refractivity contribution in [2.45, 2.75) is 33.2 Å². The highest BCUT2D eigenvalue weighted by molar-refractivity contribution is 5.37. The number of nitriles is 1. The van der Waals surface area contributed by atoms with Crippen LogP contribution < -0.4 is 5.32 Å². The molecule has 20 heavy (non-hydrogen) atoms. The molecular formula is C17H25N3. The van der Waals surface area contributed by atoms with Crippen molar-refractivity contribution in [3.63, 3.8) is 0 Å². The van der Waals surface area contributed by atoms with Crippen molar-refractivity contribution in [2.75, 3.05) is 26.2 Å². The van der Waals surface area contributed by atoms with E-state index in [1.54, 1.807) is 0 Å². The molecule has 1 N–H and O–H groups in total. The van der Waals surface area contributed by atoms with E-state index < -0.39 is 0 Å². The van der Waals surface area contributed by atoms with Crippen LogP contribution in [0.25, 0.3) is 0 Å². The summed E-state index contributed by atoms with van der Waals surface area (Å²) in [6.45, 7) is 9.95. The van der Waals surface area contributed by atoms with Crippen molar-refractivity contribution in [1.82, 2.24) is 10.2 Å². The molecule has 3 heteroatoms. The minimum Gasteiger partial charge on any atom is -0.317 e. The van der Waals surface area contributed by atoms with Gasteiger partial charge in [-0.15, -0.1) is 0 Å². The van der Waals surface area contributed by atoms with Gasteiger partial charge in [-0.2, -0.15) is 5.26 Å². The van der Waals surface area contributed by atoms with Crippen LogP contribution in [0.4, 0.5) is 0 Å². The third kappa shape index (κ3) is 4.06. The quantitative estimate of drug-likeness (QED) is 0.895. The Balaban J connectivity index is 1.97. The van der Waals surface area contributed by atoms with Gasteiger partial charge in [0.05, 0.1) is 11.6 Å². The smallest absolute Gasteiger partial charge is 0.0991 e. The summed E-state index contributed by atoms with van der Waals surface area (Å²) in [6.07, 6.45) is 2.59. The van der Waals surface area contributed by atoms with E-state index in [4.69, 9.17) is 5.26 Å². The van der Waals surface area contributed by atoms with Crippen LogP contribution in [0.2, 0.25) is 0 Å². The molecule has 0 amide bonds. The SMILES string of the molecule is CCN(Cc1ccc(C#N)cc1C)CC1CCNCC1. The summed E-state index contributed by atoms with van der Waals surface area (Å²) >= 11 is 0. The van der Waals surface area contributed by atoms with Crippen molar-refractivity contribution in [3.05, 3.63) is 34.9 Å². The van der Waals surface area contributed by atoms with E-state index in [9.17, 15) is 0 Å². The van der Waals surface area contributed by atoms with Crippen LogP contribution >= 0.6 is 0 Å². The maximum Gasteiger partial charge on any atom is 0.0991 e. The molecule has 1 heterocycles. The van der Waals surface area contributed by atoms with Crippen molar-refractivity contribution in [1.29, 1.82) is 5.26 Å². The first-order chi connectivity index (χ1) is 9.72. The van der Waals surface area contributed by atoms with Gasteiger partial charge in [-0.1, -0.05) is 13.0 Å². The summed E-state index contributed by atoms with van der Waals surface area (Å²) in [4.78, 5) is 2.53. The predicted molar refractivity (Wildman–Crippen MR) is 82.4 cm³/mol. The topological polar surface area (TPSA) is 39.1 Å². The number of nitrogens with zero attached hydrogens (tertiary/aromatic N) is 2. The van der Waals surface area contributed by atoms with Gasteiger partial charge in [0.15, 0.2) is 0 Å². The Hall–Kier alpha value is -1.37. The second-order valence-corrected chi connectivity index (χ2v) is 5.77. The highest BCUT2D eigenvalue weighted by Gasteiger charge is 2.16. The zero-order chi connectivity index (χ0) is 14.4. The first-order valence-corrected chi connectivity index (χ1v) is 7.65. The number of rotatable bonds is 5. The molecule has 0 bridgehead atoms. The summed E-state index contributed by atoms with van der Waals surface area (Å²) in [5, 5.41) is 12.4. The molecule has 0 saturated carbocycles. The number of hydrogen-bond donors (Lipinski definition) is 1. The maximum atomic E-state index is 8.93. The van der Waals surface area contributed by atoms with E-state index in [0.29, 0.717) is 0 Å². The molecule has 1 fully saturated rings. The van der Waals surface area contributed by atoms with Gasteiger partial charge in [-0.25, -0.2) is 0 Å². The fraction of sp³-hybridized carbons (Fsp3) is 0.588. The number of aryl methyl sites for hydroxylation is 1. The Kier molecular flexibility index (Phi) is 5.58. The molecule has 0 spiro atoms. The summed E-state index contributed by atoms with van der Waals surface area (Å²) in [7, 11) is 0. The zero-order valence-corrected chi connectivity index (χ0v) is 12.7. The molecule has 0 aliphatic carbocycles. The Morgan fingerprint density at radius 1 is 1.35 bits per heavy atom. The minimum absolute atomic E-state index is 0.757. The Morgan fingerprint density at radius 2 is 2.10 bits per heavy atom. The third-order valence-electron chi connectivity index (χ3n) is 4.29. The van der Waals surface area contributed by atoms with E-state index in [0.717, 1.165) is 37.7 Å². The van der Waals surface area contributed by atoms with Crippen LogP contribution in [0.3, 0.4) is 0 Å². The lowest BCUT2D eigenvalue weighted by Crippen LogP contribution is -2.36. The molecule has 0 atom stereocenters. The van der Waals surface area contributed by atoms with Crippen LogP contribution in [-0.4, -0.2) is 31.1 Å². The second-order valence-electron chi connectivity index (χ2n) is 5.77. The second kappa shape index (κ2) is 7.42. The van der Waals surface area contributed by atoms with Gasteiger partial charge < -0.3 is 5.32 Å². The molecule has 108 valence electrons. The Bertz CT molecular complexity index is 470. The van der Waals surface area contributed by atoms with Crippen LogP contribution in [0.15, 0.2) is 18.2 Å². The van der Waals surface area contributed by atoms with Crippen LogP contribution in [-0.2, 0) is 6.54 Å². The lowest BCUT2D eigenvalue weighted by atomic mass is 9.97. The van der Waals surface area contributed by atoms with Crippen molar-refractivity contribution in [3.8, 4) is 6.07 Å². The molecule has 3 nitrogen and oxygen atoms in total. The molecule has 2 rings (SSSR count). The largest absolute Gasteiger partial charge is 0.317 e. The monoisotopic (exact) mass is 271 g/mol. The number of benzene rings is 1.